The van der Waals surface area contributed by atoms with Crippen LogP contribution in [0.4, 0.5) is 0 Å². The molecule has 0 saturated carbocycles. The Labute approximate surface area is 114 Å². The highest BCUT2D eigenvalue weighted by Crippen LogP contribution is 2.20. The first kappa shape index (κ1) is 12.9. The Morgan fingerprint density at radius 3 is 1.94 bits per heavy atom. The number of halogens is 1. The zero-order valence-corrected chi connectivity index (χ0v) is 10.9. The molecule has 92 valence electrons. The summed E-state index contributed by atoms with van der Waals surface area (Å²) in [5, 5.41) is 2.31. The Kier molecular flexibility index (Phi) is 4.19. The topological polar surface area (TPSA) is 16.6 Å². The van der Waals surface area contributed by atoms with Gasteiger partial charge >= 0.3 is 0 Å². The molecule has 2 aromatic rings. The van der Waals surface area contributed by atoms with E-state index in [0.29, 0.717) is 0 Å². The molecule has 1 saturated heterocycles. The molecule has 0 aliphatic carbocycles. The Balaban J connectivity index is 0.00000120. The molecular formula is C16H16ClN. The van der Waals surface area contributed by atoms with Gasteiger partial charge in [-0.2, -0.15) is 0 Å². The Morgan fingerprint density at radius 1 is 0.778 bits per heavy atom. The molecule has 2 heteroatoms. The number of rotatable bonds is 2. The molecule has 2 N–H and O–H groups in total. The van der Waals surface area contributed by atoms with Gasteiger partial charge in [0.15, 0.2) is 0 Å². The van der Waals surface area contributed by atoms with Crippen LogP contribution in [0.5, 0.6) is 0 Å². The normalized spacial score (nSPS) is 13.4. The molecule has 1 aliphatic heterocycles. The van der Waals surface area contributed by atoms with Crippen LogP contribution in [0.25, 0.3) is 17.2 Å². The lowest BCUT2D eigenvalue weighted by Gasteiger charge is -2.13. The van der Waals surface area contributed by atoms with E-state index in [2.05, 4.69) is 66.0 Å². The van der Waals surface area contributed by atoms with Gasteiger partial charge in [-0.25, -0.2) is 0 Å². The van der Waals surface area contributed by atoms with E-state index in [1.807, 2.05) is 0 Å². The summed E-state index contributed by atoms with van der Waals surface area (Å²) in [5.41, 5.74) is 5.42. The molecule has 0 bridgehead atoms. The second-order valence-corrected chi connectivity index (χ2v) is 4.49. The van der Waals surface area contributed by atoms with Gasteiger partial charge in [-0.1, -0.05) is 54.6 Å². The third-order valence-corrected chi connectivity index (χ3v) is 3.20. The fraction of sp³-hybridized carbons (Fsp3) is 0.125. The molecule has 0 aromatic heterocycles. The predicted molar refractivity (Wildman–Crippen MR) is 71.5 cm³/mol. The summed E-state index contributed by atoms with van der Waals surface area (Å²) in [6.07, 6.45) is 2.30. The summed E-state index contributed by atoms with van der Waals surface area (Å²) in [6, 6.07) is 19.3. The molecule has 3 rings (SSSR count). The van der Waals surface area contributed by atoms with Gasteiger partial charge in [-0.15, -0.1) is 0 Å². The van der Waals surface area contributed by atoms with E-state index < -0.39 is 0 Å². The minimum atomic E-state index is 0. The highest BCUT2D eigenvalue weighted by atomic mass is 35.5. The molecule has 1 fully saturated rings. The number of hydrogen-bond donors (Lipinski definition) is 1. The van der Waals surface area contributed by atoms with Crippen molar-refractivity contribution in [3.8, 4) is 11.1 Å². The van der Waals surface area contributed by atoms with Gasteiger partial charge in [0.1, 0.15) is 13.1 Å². The molecule has 0 amide bonds. The van der Waals surface area contributed by atoms with Gasteiger partial charge in [0, 0.05) is 5.57 Å². The van der Waals surface area contributed by atoms with Gasteiger partial charge in [0.2, 0.25) is 0 Å². The summed E-state index contributed by atoms with van der Waals surface area (Å²) in [4.78, 5) is 0. The minimum absolute atomic E-state index is 0. The van der Waals surface area contributed by atoms with Crippen molar-refractivity contribution in [1.29, 1.82) is 0 Å². The standard InChI is InChI=1S/C16H15N.ClH/c1-2-4-15(5-3-1)16-8-6-13(7-9-16)10-14-11-17-12-14;/h1-10,17H,11-12H2;1H. The van der Waals surface area contributed by atoms with Crippen LogP contribution in [0, 0.1) is 0 Å². The molecule has 1 heterocycles. The maximum Gasteiger partial charge on any atom is 0.103 e. The van der Waals surface area contributed by atoms with Crippen molar-refractivity contribution in [3.05, 3.63) is 65.7 Å². The maximum absolute atomic E-state index is 2.31. The third kappa shape index (κ3) is 2.81. The van der Waals surface area contributed by atoms with Crippen LogP contribution >= 0.6 is 0 Å². The molecule has 2 aromatic carbocycles. The van der Waals surface area contributed by atoms with Crippen molar-refractivity contribution in [2.45, 2.75) is 0 Å². The van der Waals surface area contributed by atoms with Crippen molar-refractivity contribution in [1.82, 2.24) is 0 Å². The first-order chi connectivity index (χ1) is 8.42. The van der Waals surface area contributed by atoms with Gasteiger partial charge in [-0.3, -0.25) is 0 Å². The van der Waals surface area contributed by atoms with E-state index in [9.17, 15) is 0 Å². The Bertz CT molecular complexity index is 523. The van der Waals surface area contributed by atoms with Crippen molar-refractivity contribution in [2.75, 3.05) is 13.1 Å². The predicted octanol–water partition coefficient (Wildman–Crippen LogP) is -0.682. The highest BCUT2D eigenvalue weighted by molar-refractivity contribution is 5.66. The SMILES string of the molecule is C(=C1C[NH2+]C1)c1ccc(-c2ccccc2)cc1.[Cl-]. The van der Waals surface area contributed by atoms with Gasteiger partial charge in [0.05, 0.1) is 0 Å². The van der Waals surface area contributed by atoms with E-state index in [-0.39, 0.29) is 12.4 Å². The van der Waals surface area contributed by atoms with Crippen molar-refractivity contribution < 1.29 is 17.7 Å². The number of quaternary nitrogens is 1. The van der Waals surface area contributed by atoms with Crippen LogP contribution < -0.4 is 17.7 Å². The quantitative estimate of drug-likeness (QED) is 0.734. The maximum atomic E-state index is 2.31. The zero-order valence-electron chi connectivity index (χ0n) is 10.1. The smallest absolute Gasteiger partial charge is 0.103 e. The van der Waals surface area contributed by atoms with Gasteiger partial charge in [0.25, 0.3) is 0 Å². The van der Waals surface area contributed by atoms with E-state index in [1.165, 1.54) is 35.4 Å². The van der Waals surface area contributed by atoms with Gasteiger partial charge in [-0.05, 0) is 22.8 Å². The second-order valence-electron chi connectivity index (χ2n) is 4.49. The van der Waals surface area contributed by atoms with E-state index >= 15 is 0 Å². The average Bonchev–Trinajstić information content (AvgIpc) is 2.36. The third-order valence-electron chi connectivity index (χ3n) is 3.20. The number of nitrogens with two attached hydrogens (primary N) is 1. The fourth-order valence-electron chi connectivity index (χ4n) is 2.07. The summed E-state index contributed by atoms with van der Waals surface area (Å²) in [5.74, 6) is 0. The van der Waals surface area contributed by atoms with Crippen molar-refractivity contribution in [3.63, 3.8) is 0 Å². The fourth-order valence-corrected chi connectivity index (χ4v) is 2.07. The van der Waals surface area contributed by atoms with Crippen LogP contribution in [-0.2, 0) is 0 Å². The lowest BCUT2D eigenvalue weighted by Crippen LogP contribution is -3.00. The van der Waals surface area contributed by atoms with Crippen LogP contribution in [0.2, 0.25) is 0 Å². The molecule has 0 radical (unpaired) electrons. The van der Waals surface area contributed by atoms with Crippen LogP contribution in [0.3, 0.4) is 0 Å². The molecular weight excluding hydrogens is 242 g/mol. The summed E-state index contributed by atoms with van der Waals surface area (Å²) in [6.45, 7) is 2.33. The van der Waals surface area contributed by atoms with Crippen LogP contribution in [-0.4, -0.2) is 13.1 Å². The number of hydrogen-bond acceptors (Lipinski definition) is 0. The summed E-state index contributed by atoms with van der Waals surface area (Å²) < 4.78 is 0. The number of benzene rings is 2. The molecule has 0 unspecified atom stereocenters. The lowest BCUT2D eigenvalue weighted by atomic mass is 10.0. The van der Waals surface area contributed by atoms with Crippen LogP contribution in [0.15, 0.2) is 60.2 Å². The highest BCUT2D eigenvalue weighted by Gasteiger charge is 2.11. The van der Waals surface area contributed by atoms with E-state index in [1.54, 1.807) is 0 Å². The first-order valence-corrected chi connectivity index (χ1v) is 6.08. The zero-order chi connectivity index (χ0) is 11.5. The van der Waals surface area contributed by atoms with Crippen LogP contribution in [0.1, 0.15) is 5.56 Å². The van der Waals surface area contributed by atoms with Gasteiger partial charge < -0.3 is 17.7 Å². The minimum Gasteiger partial charge on any atom is -1.00 e. The molecule has 0 spiro atoms. The monoisotopic (exact) mass is 257 g/mol. The molecule has 18 heavy (non-hydrogen) atoms. The Morgan fingerprint density at radius 2 is 1.39 bits per heavy atom. The van der Waals surface area contributed by atoms with E-state index in [0.717, 1.165) is 0 Å². The Hall–Kier alpha value is -1.57. The average molecular weight is 258 g/mol. The first-order valence-electron chi connectivity index (χ1n) is 6.08. The molecule has 0 atom stereocenters. The summed E-state index contributed by atoms with van der Waals surface area (Å²) in [7, 11) is 0. The van der Waals surface area contributed by atoms with Crippen molar-refractivity contribution in [2.24, 2.45) is 0 Å². The largest absolute Gasteiger partial charge is 1.00 e. The second kappa shape index (κ2) is 5.85. The van der Waals surface area contributed by atoms with Crippen molar-refractivity contribution >= 4 is 6.08 Å². The molecule has 1 aliphatic rings. The van der Waals surface area contributed by atoms with E-state index in [4.69, 9.17) is 0 Å². The molecule has 1 nitrogen and oxygen atoms in total. The summed E-state index contributed by atoms with van der Waals surface area (Å²) >= 11 is 0. The lowest BCUT2D eigenvalue weighted by molar-refractivity contribution is -0.679.